The van der Waals surface area contributed by atoms with Crippen LogP contribution in [0.15, 0.2) is 11.3 Å². The van der Waals surface area contributed by atoms with Crippen LogP contribution >= 0.6 is 0 Å². The third-order valence-electron chi connectivity index (χ3n) is 4.73. The fraction of sp³-hybridized carbons (Fsp3) is 0.812. The molecular formula is C16H24O5. The molecule has 118 valence electrons. The Kier molecular flexibility index (Phi) is 3.24. The first-order chi connectivity index (χ1) is 9.58. The van der Waals surface area contributed by atoms with Gasteiger partial charge in [0.15, 0.2) is 5.78 Å². The second-order valence-corrected chi connectivity index (χ2v) is 7.69. The van der Waals surface area contributed by atoms with Gasteiger partial charge in [0.2, 0.25) is 0 Å². The van der Waals surface area contributed by atoms with E-state index in [1.54, 1.807) is 13.8 Å². The highest BCUT2D eigenvalue weighted by Crippen LogP contribution is 2.46. The van der Waals surface area contributed by atoms with Gasteiger partial charge in [-0.15, -0.1) is 0 Å². The van der Waals surface area contributed by atoms with E-state index in [0.29, 0.717) is 24.2 Å². The Hall–Kier alpha value is -0.910. The molecule has 1 saturated heterocycles. The van der Waals surface area contributed by atoms with Crippen LogP contribution in [0.4, 0.5) is 0 Å². The highest BCUT2D eigenvalue weighted by Gasteiger charge is 2.52. The maximum absolute atomic E-state index is 12.3. The average molecular weight is 296 g/mol. The second kappa shape index (κ2) is 4.54. The lowest BCUT2D eigenvalue weighted by molar-refractivity contribution is -0.134. The second-order valence-electron chi connectivity index (χ2n) is 7.69. The van der Waals surface area contributed by atoms with Crippen LogP contribution in [0, 0.1) is 5.92 Å². The lowest BCUT2D eigenvalue weighted by atomic mass is 9.77. The lowest BCUT2D eigenvalue weighted by Crippen LogP contribution is -2.46. The van der Waals surface area contributed by atoms with Gasteiger partial charge in [0.1, 0.15) is 17.5 Å². The molecule has 0 aromatic rings. The van der Waals surface area contributed by atoms with E-state index < -0.39 is 23.4 Å². The van der Waals surface area contributed by atoms with Crippen molar-refractivity contribution in [2.24, 2.45) is 5.92 Å². The number of carbonyl (C=O) groups excluding carboxylic acids is 1. The highest BCUT2D eigenvalue weighted by atomic mass is 16.5. The van der Waals surface area contributed by atoms with E-state index >= 15 is 0 Å². The Morgan fingerprint density at radius 1 is 1.33 bits per heavy atom. The molecule has 21 heavy (non-hydrogen) atoms. The van der Waals surface area contributed by atoms with Crippen LogP contribution < -0.4 is 0 Å². The summed E-state index contributed by atoms with van der Waals surface area (Å²) in [5.74, 6) is 0.643. The van der Waals surface area contributed by atoms with Gasteiger partial charge in [-0.05, 0) is 40.0 Å². The molecule has 5 heteroatoms. The van der Waals surface area contributed by atoms with Gasteiger partial charge in [0.05, 0.1) is 29.8 Å². The zero-order chi connectivity index (χ0) is 15.6. The Bertz CT molecular complexity index is 499. The number of hydrogen-bond donors (Lipinski definition) is 2. The number of ketones is 1. The van der Waals surface area contributed by atoms with Crippen molar-refractivity contribution >= 4 is 5.78 Å². The van der Waals surface area contributed by atoms with Gasteiger partial charge in [-0.25, -0.2) is 0 Å². The number of allylic oxidation sites excluding steroid dienone is 1. The number of aliphatic hydroxyl groups excluding tert-OH is 1. The molecule has 0 bridgehead atoms. The average Bonchev–Trinajstić information content (AvgIpc) is 2.70. The van der Waals surface area contributed by atoms with Crippen molar-refractivity contribution in [3.05, 3.63) is 11.3 Å². The van der Waals surface area contributed by atoms with Crippen LogP contribution in [-0.2, 0) is 14.3 Å². The molecule has 0 spiro atoms. The molecular weight excluding hydrogens is 272 g/mol. The first-order valence-corrected chi connectivity index (χ1v) is 7.60. The Labute approximate surface area is 124 Å². The van der Waals surface area contributed by atoms with Gasteiger partial charge in [-0.2, -0.15) is 0 Å². The molecule has 2 aliphatic heterocycles. The van der Waals surface area contributed by atoms with Crippen LogP contribution in [0.2, 0.25) is 0 Å². The van der Waals surface area contributed by atoms with Crippen LogP contribution in [-0.4, -0.2) is 45.5 Å². The molecule has 4 atom stereocenters. The van der Waals surface area contributed by atoms with E-state index in [-0.39, 0.29) is 24.2 Å². The van der Waals surface area contributed by atoms with Crippen LogP contribution in [0.1, 0.15) is 47.0 Å². The Balaban J connectivity index is 1.88. The van der Waals surface area contributed by atoms with Crippen molar-refractivity contribution in [1.82, 2.24) is 0 Å². The van der Waals surface area contributed by atoms with Crippen molar-refractivity contribution in [3.63, 3.8) is 0 Å². The van der Waals surface area contributed by atoms with Crippen molar-refractivity contribution < 1.29 is 24.5 Å². The third kappa shape index (κ3) is 2.51. The number of hydrogen-bond acceptors (Lipinski definition) is 5. The fourth-order valence-corrected chi connectivity index (χ4v) is 3.70. The molecule has 5 nitrogen and oxygen atoms in total. The molecule has 1 fully saturated rings. The first kappa shape index (κ1) is 15.0. The number of carbonyl (C=O) groups is 1. The molecule has 2 heterocycles. The molecule has 3 rings (SSSR count). The Morgan fingerprint density at radius 3 is 2.62 bits per heavy atom. The van der Waals surface area contributed by atoms with Crippen molar-refractivity contribution in [3.8, 4) is 0 Å². The minimum absolute atomic E-state index is 0.0532. The van der Waals surface area contributed by atoms with Gasteiger partial charge in [-0.3, -0.25) is 4.79 Å². The fourth-order valence-electron chi connectivity index (χ4n) is 3.70. The topological polar surface area (TPSA) is 76.0 Å². The SMILES string of the molecule is CC1(C)CC(=O)C2=C(C[C@@H]3C[C@H](C(C)(C)O)O[C@H]3[C@@H]2O)O1. The monoisotopic (exact) mass is 296 g/mol. The summed E-state index contributed by atoms with van der Waals surface area (Å²) in [4.78, 5) is 12.3. The van der Waals surface area contributed by atoms with Crippen LogP contribution in [0.3, 0.4) is 0 Å². The molecule has 3 aliphatic rings. The predicted molar refractivity (Wildman–Crippen MR) is 75.5 cm³/mol. The first-order valence-electron chi connectivity index (χ1n) is 7.60. The predicted octanol–water partition coefficient (Wildman–Crippen LogP) is 1.32. The number of ether oxygens (including phenoxy) is 2. The summed E-state index contributed by atoms with van der Waals surface area (Å²) >= 11 is 0. The van der Waals surface area contributed by atoms with Crippen LogP contribution in [0.25, 0.3) is 0 Å². The summed E-state index contributed by atoms with van der Waals surface area (Å²) in [5, 5.41) is 20.7. The summed E-state index contributed by atoms with van der Waals surface area (Å²) < 4.78 is 11.8. The van der Waals surface area contributed by atoms with Crippen LogP contribution in [0.5, 0.6) is 0 Å². The standard InChI is InChI=1S/C16H24O5/c1-15(2)7-9(17)12-10(21-15)5-8-6-11(16(3,4)19)20-14(8)13(12)18/h8,11,13-14,18-19H,5-7H2,1-4H3/t8-,11-,13-,14-/m1/s1. The van der Waals surface area contributed by atoms with Gasteiger partial charge >= 0.3 is 0 Å². The van der Waals surface area contributed by atoms with E-state index in [1.165, 1.54) is 0 Å². The molecule has 0 radical (unpaired) electrons. The quantitative estimate of drug-likeness (QED) is 0.763. The van der Waals surface area contributed by atoms with E-state index in [4.69, 9.17) is 9.47 Å². The molecule has 0 amide bonds. The van der Waals surface area contributed by atoms with Crippen molar-refractivity contribution in [2.75, 3.05) is 0 Å². The minimum atomic E-state index is -0.957. The zero-order valence-electron chi connectivity index (χ0n) is 13.0. The van der Waals surface area contributed by atoms with Gasteiger partial charge in [0.25, 0.3) is 0 Å². The maximum Gasteiger partial charge on any atom is 0.168 e. The Morgan fingerprint density at radius 2 is 2.00 bits per heavy atom. The molecule has 0 aromatic heterocycles. The molecule has 0 saturated carbocycles. The summed E-state index contributed by atoms with van der Waals surface area (Å²) in [6.45, 7) is 7.19. The summed E-state index contributed by atoms with van der Waals surface area (Å²) in [7, 11) is 0. The summed E-state index contributed by atoms with van der Waals surface area (Å²) in [6, 6.07) is 0. The highest BCUT2D eigenvalue weighted by molar-refractivity contribution is 5.98. The molecule has 0 unspecified atom stereocenters. The number of aliphatic hydroxyl groups is 2. The number of rotatable bonds is 1. The van der Waals surface area contributed by atoms with Gasteiger partial charge < -0.3 is 19.7 Å². The van der Waals surface area contributed by atoms with Gasteiger partial charge in [0, 0.05) is 6.42 Å². The van der Waals surface area contributed by atoms with Gasteiger partial charge in [-0.1, -0.05) is 0 Å². The summed E-state index contributed by atoms with van der Waals surface area (Å²) in [5.41, 5.74) is -1.09. The number of fused-ring (bicyclic) bond motifs is 1. The molecule has 2 N–H and O–H groups in total. The van der Waals surface area contributed by atoms with E-state index in [9.17, 15) is 15.0 Å². The smallest absolute Gasteiger partial charge is 0.168 e. The van der Waals surface area contributed by atoms with E-state index in [2.05, 4.69) is 0 Å². The third-order valence-corrected chi connectivity index (χ3v) is 4.73. The molecule has 1 aliphatic carbocycles. The molecule has 0 aromatic carbocycles. The normalized spacial score (nSPS) is 38.9. The van der Waals surface area contributed by atoms with Crippen molar-refractivity contribution in [1.29, 1.82) is 0 Å². The zero-order valence-corrected chi connectivity index (χ0v) is 13.0. The van der Waals surface area contributed by atoms with E-state index in [1.807, 2.05) is 13.8 Å². The summed E-state index contributed by atoms with van der Waals surface area (Å²) in [6.07, 6.45) is -0.163. The lowest BCUT2D eigenvalue weighted by Gasteiger charge is -2.40. The number of Topliss-reactive ketones (excluding diaryl/α,β-unsaturated/α-hetero) is 1. The minimum Gasteiger partial charge on any atom is -0.491 e. The maximum atomic E-state index is 12.3. The van der Waals surface area contributed by atoms with Crippen molar-refractivity contribution in [2.45, 2.75) is 76.5 Å². The largest absolute Gasteiger partial charge is 0.491 e. The van der Waals surface area contributed by atoms with E-state index in [0.717, 1.165) is 0 Å².